The molecule has 0 unspecified atom stereocenters. The van der Waals surface area contributed by atoms with E-state index in [0.717, 1.165) is 43.1 Å². The molecule has 0 fully saturated rings. The number of hydrogen-bond donors (Lipinski definition) is 1. The van der Waals surface area contributed by atoms with E-state index in [0.29, 0.717) is 0 Å². The standard InChI is InChI=1S/C21H23N3O/c1-3-16-8-4-5-10-20(16)24-21-18(11-12-22-21)19(23-24)14-15-7-6-9-17(13-15)25-2/h4-10,13,22H,3,11-12,14H2,1-2H3. The summed E-state index contributed by atoms with van der Waals surface area (Å²) in [5, 5.41) is 8.50. The monoisotopic (exact) mass is 333 g/mol. The van der Waals surface area contributed by atoms with E-state index in [2.05, 4.69) is 53.3 Å². The van der Waals surface area contributed by atoms with E-state index in [4.69, 9.17) is 9.84 Å². The molecule has 0 aliphatic carbocycles. The molecule has 128 valence electrons. The van der Waals surface area contributed by atoms with E-state index < -0.39 is 0 Å². The largest absolute Gasteiger partial charge is 0.497 e. The molecule has 2 heterocycles. The van der Waals surface area contributed by atoms with Gasteiger partial charge in [0.2, 0.25) is 0 Å². The van der Waals surface area contributed by atoms with Crippen molar-refractivity contribution in [3.8, 4) is 11.4 Å². The highest BCUT2D eigenvalue weighted by Crippen LogP contribution is 2.31. The van der Waals surface area contributed by atoms with E-state index in [9.17, 15) is 0 Å². The van der Waals surface area contributed by atoms with Crippen molar-refractivity contribution >= 4 is 5.82 Å². The van der Waals surface area contributed by atoms with Crippen LogP contribution in [0.25, 0.3) is 5.69 Å². The third-order valence-electron chi connectivity index (χ3n) is 4.84. The molecular formula is C21H23N3O. The van der Waals surface area contributed by atoms with Gasteiger partial charge in [-0.25, -0.2) is 4.68 Å². The molecule has 0 atom stereocenters. The molecule has 4 nitrogen and oxygen atoms in total. The van der Waals surface area contributed by atoms with E-state index in [1.807, 2.05) is 12.1 Å². The third kappa shape index (κ3) is 2.88. The number of aryl methyl sites for hydroxylation is 1. The van der Waals surface area contributed by atoms with Crippen LogP contribution in [0.15, 0.2) is 48.5 Å². The molecule has 0 radical (unpaired) electrons. The zero-order valence-electron chi connectivity index (χ0n) is 14.7. The van der Waals surface area contributed by atoms with Gasteiger partial charge in [-0.3, -0.25) is 0 Å². The predicted octanol–water partition coefficient (Wildman–Crippen LogP) is 4.00. The number of rotatable bonds is 5. The summed E-state index contributed by atoms with van der Waals surface area (Å²) < 4.78 is 7.45. The molecule has 1 aliphatic rings. The van der Waals surface area contributed by atoms with Gasteiger partial charge in [-0.1, -0.05) is 37.3 Å². The first-order valence-corrected chi connectivity index (χ1v) is 8.86. The maximum atomic E-state index is 5.35. The Hall–Kier alpha value is -2.75. The summed E-state index contributed by atoms with van der Waals surface area (Å²) in [6.07, 6.45) is 2.85. The zero-order valence-corrected chi connectivity index (χ0v) is 14.7. The van der Waals surface area contributed by atoms with Crippen LogP contribution in [0, 0.1) is 0 Å². The first-order valence-electron chi connectivity index (χ1n) is 8.86. The zero-order chi connectivity index (χ0) is 17.2. The molecule has 0 saturated carbocycles. The lowest BCUT2D eigenvalue weighted by Crippen LogP contribution is -2.07. The number of anilines is 1. The average molecular weight is 333 g/mol. The number of fused-ring (bicyclic) bond motifs is 1. The Morgan fingerprint density at radius 2 is 2.04 bits per heavy atom. The second-order valence-corrected chi connectivity index (χ2v) is 6.37. The first-order chi connectivity index (χ1) is 12.3. The minimum Gasteiger partial charge on any atom is -0.497 e. The fourth-order valence-electron chi connectivity index (χ4n) is 3.55. The van der Waals surface area contributed by atoms with Crippen molar-refractivity contribution in [2.24, 2.45) is 0 Å². The van der Waals surface area contributed by atoms with E-state index >= 15 is 0 Å². The molecule has 2 aromatic carbocycles. The normalized spacial score (nSPS) is 12.7. The lowest BCUT2D eigenvalue weighted by molar-refractivity contribution is 0.414. The molecule has 1 aliphatic heterocycles. The van der Waals surface area contributed by atoms with Gasteiger partial charge in [-0.05, 0) is 42.2 Å². The second kappa shape index (κ2) is 6.63. The number of hydrogen-bond acceptors (Lipinski definition) is 3. The SMILES string of the molecule is CCc1ccccc1-n1nc(Cc2cccc(OC)c2)c2c1NCC2. The number of ether oxygens (including phenoxy) is 1. The lowest BCUT2D eigenvalue weighted by atomic mass is 10.1. The van der Waals surface area contributed by atoms with Crippen molar-refractivity contribution in [1.82, 2.24) is 9.78 Å². The van der Waals surface area contributed by atoms with Gasteiger partial charge in [0.05, 0.1) is 18.5 Å². The van der Waals surface area contributed by atoms with E-state index in [-0.39, 0.29) is 0 Å². The van der Waals surface area contributed by atoms with Gasteiger partial charge in [-0.2, -0.15) is 5.10 Å². The Balaban J connectivity index is 1.75. The van der Waals surface area contributed by atoms with Crippen molar-refractivity contribution in [2.45, 2.75) is 26.2 Å². The van der Waals surface area contributed by atoms with Gasteiger partial charge in [-0.15, -0.1) is 0 Å². The van der Waals surface area contributed by atoms with Crippen LogP contribution >= 0.6 is 0 Å². The minimum absolute atomic E-state index is 0.822. The Labute approximate surface area is 148 Å². The predicted molar refractivity (Wildman–Crippen MR) is 101 cm³/mol. The van der Waals surface area contributed by atoms with Crippen molar-refractivity contribution in [1.29, 1.82) is 0 Å². The lowest BCUT2D eigenvalue weighted by Gasteiger charge is -2.10. The maximum absolute atomic E-state index is 5.35. The summed E-state index contributed by atoms with van der Waals surface area (Å²) in [6.45, 7) is 3.17. The molecule has 1 N–H and O–H groups in total. The molecule has 25 heavy (non-hydrogen) atoms. The van der Waals surface area contributed by atoms with Gasteiger partial charge >= 0.3 is 0 Å². The van der Waals surface area contributed by atoms with Crippen LogP contribution in [0.1, 0.15) is 29.3 Å². The van der Waals surface area contributed by atoms with Gasteiger partial charge in [0, 0.05) is 18.5 Å². The molecule has 0 spiro atoms. The minimum atomic E-state index is 0.822. The molecule has 1 aromatic heterocycles. The fourth-order valence-corrected chi connectivity index (χ4v) is 3.55. The van der Waals surface area contributed by atoms with Crippen LogP contribution in [0.4, 0.5) is 5.82 Å². The number of para-hydroxylation sites is 1. The van der Waals surface area contributed by atoms with Crippen LogP contribution in [0.2, 0.25) is 0 Å². The maximum Gasteiger partial charge on any atom is 0.133 e. The third-order valence-corrected chi connectivity index (χ3v) is 4.84. The Kier molecular flexibility index (Phi) is 4.18. The number of nitrogens with one attached hydrogen (secondary N) is 1. The van der Waals surface area contributed by atoms with Gasteiger partial charge in [0.25, 0.3) is 0 Å². The highest BCUT2D eigenvalue weighted by molar-refractivity contribution is 5.59. The van der Waals surface area contributed by atoms with Crippen molar-refractivity contribution in [2.75, 3.05) is 19.0 Å². The second-order valence-electron chi connectivity index (χ2n) is 6.37. The van der Waals surface area contributed by atoms with Crippen molar-refractivity contribution in [3.05, 3.63) is 70.9 Å². The topological polar surface area (TPSA) is 39.1 Å². The Morgan fingerprint density at radius 3 is 2.88 bits per heavy atom. The Bertz CT molecular complexity index is 898. The van der Waals surface area contributed by atoms with Crippen molar-refractivity contribution in [3.63, 3.8) is 0 Å². The molecule has 3 aromatic rings. The fraction of sp³-hybridized carbons (Fsp3) is 0.286. The van der Waals surface area contributed by atoms with Crippen LogP contribution in [-0.2, 0) is 19.3 Å². The van der Waals surface area contributed by atoms with E-state index in [1.54, 1.807) is 7.11 Å². The number of methoxy groups -OCH3 is 1. The molecule has 0 bridgehead atoms. The summed E-state index contributed by atoms with van der Waals surface area (Å²) in [6, 6.07) is 16.8. The molecular weight excluding hydrogens is 310 g/mol. The molecule has 4 rings (SSSR count). The van der Waals surface area contributed by atoms with Gasteiger partial charge in [0.1, 0.15) is 11.6 Å². The quantitative estimate of drug-likeness (QED) is 0.767. The van der Waals surface area contributed by atoms with Crippen LogP contribution in [0.5, 0.6) is 5.75 Å². The smallest absolute Gasteiger partial charge is 0.133 e. The summed E-state index contributed by atoms with van der Waals surface area (Å²) in [4.78, 5) is 0. The van der Waals surface area contributed by atoms with E-state index in [1.165, 1.54) is 22.4 Å². The first kappa shape index (κ1) is 15.8. The van der Waals surface area contributed by atoms with Crippen molar-refractivity contribution < 1.29 is 4.74 Å². The molecule has 4 heteroatoms. The average Bonchev–Trinajstić information content (AvgIpc) is 3.26. The molecule has 0 saturated heterocycles. The van der Waals surface area contributed by atoms with Crippen LogP contribution < -0.4 is 10.1 Å². The summed E-state index contributed by atoms with van der Waals surface area (Å²) in [5.74, 6) is 2.04. The highest BCUT2D eigenvalue weighted by atomic mass is 16.5. The van der Waals surface area contributed by atoms with Gasteiger partial charge in [0.15, 0.2) is 0 Å². The number of benzene rings is 2. The molecule has 0 amide bonds. The Morgan fingerprint density at radius 1 is 1.16 bits per heavy atom. The van der Waals surface area contributed by atoms with Crippen LogP contribution in [-0.4, -0.2) is 23.4 Å². The summed E-state index contributed by atoms with van der Waals surface area (Å²) in [7, 11) is 1.71. The number of nitrogens with zero attached hydrogens (tertiary/aromatic N) is 2. The summed E-state index contributed by atoms with van der Waals surface area (Å²) in [5.41, 5.74) is 6.21. The number of aromatic nitrogens is 2. The highest BCUT2D eigenvalue weighted by Gasteiger charge is 2.23. The van der Waals surface area contributed by atoms with Crippen LogP contribution in [0.3, 0.4) is 0 Å². The van der Waals surface area contributed by atoms with Gasteiger partial charge < -0.3 is 10.1 Å². The summed E-state index contributed by atoms with van der Waals surface area (Å²) >= 11 is 0.